The molecule has 0 saturated carbocycles. The fourth-order valence-corrected chi connectivity index (χ4v) is 3.93. The van der Waals surface area contributed by atoms with Crippen LogP contribution in [0.15, 0.2) is 28.6 Å². The minimum Gasteiger partial charge on any atom is -0.497 e. The first-order valence-electron chi connectivity index (χ1n) is 8.27. The Labute approximate surface area is 156 Å². The summed E-state index contributed by atoms with van der Waals surface area (Å²) in [6.07, 6.45) is 2.24. The summed E-state index contributed by atoms with van der Waals surface area (Å²) in [7, 11) is 1.63. The fourth-order valence-electron chi connectivity index (χ4n) is 1.98. The Bertz CT molecular complexity index is 661. The van der Waals surface area contributed by atoms with Crippen LogP contribution in [0, 0.1) is 0 Å². The number of nitrogens with one attached hydrogen (secondary N) is 2. The van der Waals surface area contributed by atoms with Crippen LogP contribution in [0.3, 0.4) is 0 Å². The first-order chi connectivity index (χ1) is 12.1. The fraction of sp³-hybridized carbons (Fsp3) is 0.471. The van der Waals surface area contributed by atoms with Crippen molar-refractivity contribution < 1.29 is 9.53 Å². The molecule has 8 heteroatoms. The smallest absolute Gasteiger partial charge is 0.233 e. The third kappa shape index (κ3) is 6.55. The molecule has 25 heavy (non-hydrogen) atoms. The van der Waals surface area contributed by atoms with Crippen LogP contribution in [0.5, 0.6) is 5.75 Å². The number of anilines is 1. The van der Waals surface area contributed by atoms with E-state index in [0.29, 0.717) is 6.54 Å². The highest BCUT2D eigenvalue weighted by atomic mass is 32.2. The summed E-state index contributed by atoms with van der Waals surface area (Å²) in [5.41, 5.74) is 1.03. The highest BCUT2D eigenvalue weighted by Crippen LogP contribution is 2.29. The first kappa shape index (κ1) is 19.5. The van der Waals surface area contributed by atoms with E-state index in [9.17, 15) is 4.79 Å². The molecule has 2 aromatic rings. The molecule has 1 atom stereocenters. The number of thioether (sulfide) groups is 1. The summed E-state index contributed by atoms with van der Waals surface area (Å²) >= 11 is 2.91. The van der Waals surface area contributed by atoms with Crippen LogP contribution in [0.2, 0.25) is 0 Å². The van der Waals surface area contributed by atoms with Crippen molar-refractivity contribution in [1.29, 1.82) is 0 Å². The Morgan fingerprint density at radius 2 is 2.08 bits per heavy atom. The van der Waals surface area contributed by atoms with Gasteiger partial charge in [-0.1, -0.05) is 48.6 Å². The zero-order valence-electron chi connectivity index (χ0n) is 14.7. The van der Waals surface area contributed by atoms with Crippen LogP contribution >= 0.6 is 23.1 Å². The summed E-state index contributed by atoms with van der Waals surface area (Å²) in [4.78, 5) is 12.2. The van der Waals surface area contributed by atoms with Crippen molar-refractivity contribution in [3.63, 3.8) is 0 Å². The molecule has 0 radical (unpaired) electrons. The molecule has 0 aliphatic rings. The maximum atomic E-state index is 12.2. The molecule has 0 spiro atoms. The lowest BCUT2D eigenvalue weighted by Crippen LogP contribution is -2.30. The predicted octanol–water partition coefficient (Wildman–Crippen LogP) is 3.56. The van der Waals surface area contributed by atoms with Crippen molar-refractivity contribution in [3.05, 3.63) is 29.8 Å². The summed E-state index contributed by atoms with van der Waals surface area (Å²) in [6, 6.07) is 7.65. The van der Waals surface area contributed by atoms with E-state index < -0.39 is 0 Å². The Balaban J connectivity index is 1.77. The number of hydrogen-bond acceptors (Lipinski definition) is 7. The van der Waals surface area contributed by atoms with Gasteiger partial charge in [0.15, 0.2) is 4.34 Å². The molecular weight excluding hydrogens is 356 g/mol. The molecule has 0 aliphatic heterocycles. The molecule has 1 amide bonds. The second kappa shape index (κ2) is 10.2. The molecule has 1 unspecified atom stereocenters. The van der Waals surface area contributed by atoms with Crippen LogP contribution in [0.1, 0.15) is 32.3 Å². The van der Waals surface area contributed by atoms with Gasteiger partial charge in [-0.3, -0.25) is 4.79 Å². The second-order valence-electron chi connectivity index (χ2n) is 5.48. The van der Waals surface area contributed by atoms with Gasteiger partial charge in [0.2, 0.25) is 11.0 Å². The Hall–Kier alpha value is -1.80. The maximum Gasteiger partial charge on any atom is 0.233 e. The third-order valence-electron chi connectivity index (χ3n) is 3.49. The normalized spacial score (nSPS) is 11.8. The third-order valence-corrected chi connectivity index (χ3v) is 5.55. The number of benzene rings is 1. The highest BCUT2D eigenvalue weighted by molar-refractivity contribution is 8.02. The minimum atomic E-state index is -0.227. The maximum absolute atomic E-state index is 12.2. The SMILES string of the molecule is CCCCNc1nnc(SC(C)C(=O)NCc2ccc(OC)cc2)s1. The predicted molar refractivity (Wildman–Crippen MR) is 103 cm³/mol. The van der Waals surface area contributed by atoms with Crippen molar-refractivity contribution >= 4 is 34.1 Å². The standard InChI is InChI=1S/C17H24N4O2S2/c1-4-5-10-18-16-20-21-17(25-16)24-12(2)15(22)19-11-13-6-8-14(23-3)9-7-13/h6-9,12H,4-5,10-11H2,1-3H3,(H,18,20)(H,19,22). The quantitative estimate of drug-likeness (QED) is 0.485. The van der Waals surface area contributed by atoms with Crippen molar-refractivity contribution in [2.45, 2.75) is 42.8 Å². The molecule has 2 N–H and O–H groups in total. The van der Waals surface area contributed by atoms with E-state index in [1.165, 1.54) is 23.1 Å². The summed E-state index contributed by atoms with van der Waals surface area (Å²) in [5, 5.41) is 15.0. The number of nitrogens with zero attached hydrogens (tertiary/aromatic N) is 2. The second-order valence-corrected chi connectivity index (χ2v) is 8.04. The number of rotatable bonds is 10. The Morgan fingerprint density at radius 3 is 2.76 bits per heavy atom. The van der Waals surface area contributed by atoms with E-state index >= 15 is 0 Å². The van der Waals surface area contributed by atoms with Gasteiger partial charge in [-0.15, -0.1) is 10.2 Å². The van der Waals surface area contributed by atoms with Crippen molar-refractivity contribution in [1.82, 2.24) is 15.5 Å². The first-order valence-corrected chi connectivity index (χ1v) is 9.96. The van der Waals surface area contributed by atoms with Gasteiger partial charge >= 0.3 is 0 Å². The van der Waals surface area contributed by atoms with Gasteiger partial charge < -0.3 is 15.4 Å². The number of aromatic nitrogens is 2. The molecule has 2 rings (SSSR count). The van der Waals surface area contributed by atoms with Gasteiger partial charge in [0.1, 0.15) is 5.75 Å². The Kier molecular flexibility index (Phi) is 8.00. The van der Waals surface area contributed by atoms with Crippen molar-refractivity contribution in [2.24, 2.45) is 0 Å². The van der Waals surface area contributed by atoms with Crippen LogP contribution in [0.25, 0.3) is 0 Å². The molecule has 0 aliphatic carbocycles. The van der Waals surface area contributed by atoms with Crippen LogP contribution in [-0.2, 0) is 11.3 Å². The number of hydrogen-bond donors (Lipinski definition) is 2. The molecule has 1 aromatic heterocycles. The van der Waals surface area contributed by atoms with E-state index in [-0.39, 0.29) is 11.2 Å². The lowest BCUT2D eigenvalue weighted by molar-refractivity contribution is -0.120. The van der Waals surface area contributed by atoms with Gasteiger partial charge in [0.25, 0.3) is 0 Å². The van der Waals surface area contributed by atoms with E-state index in [4.69, 9.17) is 4.74 Å². The molecule has 0 bridgehead atoms. The molecule has 1 aromatic carbocycles. The number of amides is 1. The van der Waals surface area contributed by atoms with Gasteiger partial charge in [-0.2, -0.15) is 0 Å². The van der Waals surface area contributed by atoms with E-state index in [1.54, 1.807) is 7.11 Å². The van der Waals surface area contributed by atoms with Gasteiger partial charge in [0.05, 0.1) is 12.4 Å². The number of carbonyl (C=O) groups is 1. The Morgan fingerprint density at radius 1 is 1.32 bits per heavy atom. The van der Waals surface area contributed by atoms with E-state index in [0.717, 1.165) is 40.2 Å². The monoisotopic (exact) mass is 380 g/mol. The van der Waals surface area contributed by atoms with Gasteiger partial charge in [-0.05, 0) is 31.0 Å². The number of methoxy groups -OCH3 is 1. The van der Waals surface area contributed by atoms with Gasteiger partial charge in [0, 0.05) is 13.1 Å². The zero-order chi connectivity index (χ0) is 18.1. The topological polar surface area (TPSA) is 76.1 Å². The van der Waals surface area contributed by atoms with Gasteiger partial charge in [-0.25, -0.2) is 0 Å². The average Bonchev–Trinajstić information content (AvgIpc) is 3.07. The summed E-state index contributed by atoms with van der Waals surface area (Å²) < 4.78 is 5.92. The minimum absolute atomic E-state index is 0.0171. The number of carbonyl (C=O) groups excluding carboxylic acids is 1. The highest BCUT2D eigenvalue weighted by Gasteiger charge is 2.17. The summed E-state index contributed by atoms with van der Waals surface area (Å²) in [6.45, 7) is 5.41. The van der Waals surface area contributed by atoms with Crippen LogP contribution < -0.4 is 15.4 Å². The van der Waals surface area contributed by atoms with Crippen molar-refractivity contribution in [3.8, 4) is 5.75 Å². The van der Waals surface area contributed by atoms with Crippen LogP contribution in [-0.4, -0.2) is 35.0 Å². The lowest BCUT2D eigenvalue weighted by atomic mass is 10.2. The van der Waals surface area contributed by atoms with Crippen LogP contribution in [0.4, 0.5) is 5.13 Å². The number of unbranched alkanes of at least 4 members (excludes halogenated alkanes) is 1. The molecular formula is C17H24N4O2S2. The molecule has 0 fully saturated rings. The largest absolute Gasteiger partial charge is 0.497 e. The molecule has 6 nitrogen and oxygen atoms in total. The van der Waals surface area contributed by atoms with E-state index in [2.05, 4.69) is 27.8 Å². The summed E-state index contributed by atoms with van der Waals surface area (Å²) in [5.74, 6) is 0.787. The lowest BCUT2D eigenvalue weighted by Gasteiger charge is -2.10. The van der Waals surface area contributed by atoms with Crippen molar-refractivity contribution in [2.75, 3.05) is 19.0 Å². The molecule has 136 valence electrons. The molecule has 0 saturated heterocycles. The van der Waals surface area contributed by atoms with E-state index in [1.807, 2.05) is 31.2 Å². The zero-order valence-corrected chi connectivity index (χ0v) is 16.4. The molecule has 1 heterocycles. The average molecular weight is 381 g/mol. The number of ether oxygens (including phenoxy) is 1.